The molecule has 1 aliphatic rings. The number of carbonyl (C=O) groups is 2. The number of hydrogen-bond acceptors (Lipinski definition) is 4. The third-order valence-corrected chi connectivity index (χ3v) is 2.41. The van der Waals surface area contributed by atoms with Crippen molar-refractivity contribution in [1.29, 1.82) is 0 Å². The first-order valence-electron chi connectivity index (χ1n) is 4.91. The fourth-order valence-corrected chi connectivity index (χ4v) is 1.66. The van der Waals surface area contributed by atoms with Crippen LogP contribution in [0.5, 0.6) is 11.5 Å². The quantitative estimate of drug-likeness (QED) is 0.780. The number of fused-ring (bicyclic) bond motifs is 1. The van der Waals surface area contributed by atoms with Crippen molar-refractivity contribution in [3.05, 3.63) is 35.4 Å². The van der Waals surface area contributed by atoms with Gasteiger partial charge in [0, 0.05) is 11.6 Å². The fourth-order valence-electron chi connectivity index (χ4n) is 1.66. The molecule has 1 aromatic rings. The van der Waals surface area contributed by atoms with Gasteiger partial charge in [-0.2, -0.15) is 0 Å². The maximum atomic E-state index is 12.0. The number of ether oxygens (including phenoxy) is 2. The lowest BCUT2D eigenvalue weighted by Gasteiger charge is -2.20. The van der Waals surface area contributed by atoms with Crippen LogP contribution in [0, 0.1) is 0 Å². The Morgan fingerprint density at radius 3 is 2.94 bits per heavy atom. The van der Waals surface area contributed by atoms with Crippen LogP contribution in [0.15, 0.2) is 29.8 Å². The van der Waals surface area contributed by atoms with E-state index in [0.29, 0.717) is 11.5 Å². The summed E-state index contributed by atoms with van der Waals surface area (Å²) in [6, 6.07) is 4.98. The maximum Gasteiger partial charge on any atom is 0.328 e. The molecule has 0 radical (unpaired) electrons. The first kappa shape index (κ1) is 11.2. The zero-order chi connectivity index (χ0) is 12.4. The zero-order valence-corrected chi connectivity index (χ0v) is 9.10. The van der Waals surface area contributed by atoms with Gasteiger partial charge in [0.25, 0.3) is 0 Å². The molecule has 0 saturated carbocycles. The van der Waals surface area contributed by atoms with Crippen LogP contribution in [0.3, 0.4) is 0 Å². The summed E-state index contributed by atoms with van der Waals surface area (Å²) in [6.07, 6.45) is 0.859. The number of ketones is 1. The Kier molecular flexibility index (Phi) is 2.82. The summed E-state index contributed by atoms with van der Waals surface area (Å²) in [5.74, 6) is -0.748. The number of carboxylic acids is 1. The number of carbonyl (C=O) groups excluding carboxylic acids is 1. The Bertz CT molecular complexity index is 501. The van der Waals surface area contributed by atoms with Gasteiger partial charge in [-0.1, -0.05) is 6.07 Å². The van der Waals surface area contributed by atoms with Crippen molar-refractivity contribution in [2.45, 2.75) is 0 Å². The van der Waals surface area contributed by atoms with E-state index in [9.17, 15) is 9.59 Å². The Morgan fingerprint density at radius 1 is 1.53 bits per heavy atom. The second-order valence-corrected chi connectivity index (χ2v) is 3.46. The molecule has 1 heterocycles. The molecule has 0 fully saturated rings. The number of hydrogen-bond donors (Lipinski definition) is 1. The maximum absolute atomic E-state index is 12.0. The van der Waals surface area contributed by atoms with Crippen molar-refractivity contribution in [3.63, 3.8) is 0 Å². The van der Waals surface area contributed by atoms with Gasteiger partial charge >= 0.3 is 5.97 Å². The minimum atomic E-state index is -1.17. The fraction of sp³-hybridized carbons (Fsp3) is 0.167. The molecule has 1 N–H and O–H groups in total. The molecule has 17 heavy (non-hydrogen) atoms. The first-order chi connectivity index (χ1) is 8.13. The van der Waals surface area contributed by atoms with Gasteiger partial charge in [0.05, 0.1) is 7.11 Å². The van der Waals surface area contributed by atoms with Crippen LogP contribution in [0.25, 0.3) is 0 Å². The van der Waals surface area contributed by atoms with E-state index in [2.05, 4.69) is 0 Å². The highest BCUT2D eigenvalue weighted by atomic mass is 16.5. The van der Waals surface area contributed by atoms with Crippen molar-refractivity contribution in [1.82, 2.24) is 0 Å². The van der Waals surface area contributed by atoms with E-state index < -0.39 is 5.97 Å². The number of methoxy groups -OCH3 is 1. The van der Waals surface area contributed by atoms with Crippen LogP contribution in [0.4, 0.5) is 0 Å². The van der Waals surface area contributed by atoms with E-state index >= 15 is 0 Å². The molecule has 88 valence electrons. The van der Waals surface area contributed by atoms with Gasteiger partial charge in [0.15, 0.2) is 5.78 Å². The van der Waals surface area contributed by atoms with Crippen LogP contribution in [0.2, 0.25) is 0 Å². The molecule has 0 spiro atoms. The molecule has 0 saturated heterocycles. The van der Waals surface area contributed by atoms with Gasteiger partial charge in [0.1, 0.15) is 23.7 Å². The van der Waals surface area contributed by atoms with Crippen molar-refractivity contribution in [3.8, 4) is 11.5 Å². The molecule has 0 aliphatic carbocycles. The Labute approximate surface area is 97.3 Å². The number of benzene rings is 1. The predicted octanol–water partition coefficient (Wildman–Crippen LogP) is 1.28. The van der Waals surface area contributed by atoms with Gasteiger partial charge in [-0.05, 0) is 12.1 Å². The molecule has 0 atom stereocenters. The highest BCUT2D eigenvalue weighted by molar-refractivity contribution is 6.15. The largest absolute Gasteiger partial charge is 0.496 e. The average Bonchev–Trinajstić information content (AvgIpc) is 2.31. The van der Waals surface area contributed by atoms with E-state index in [4.69, 9.17) is 14.6 Å². The third-order valence-electron chi connectivity index (χ3n) is 2.41. The predicted molar refractivity (Wildman–Crippen MR) is 58.5 cm³/mol. The normalized spacial score (nSPS) is 16.3. The molecular weight excluding hydrogens is 224 g/mol. The van der Waals surface area contributed by atoms with Crippen molar-refractivity contribution < 1.29 is 24.2 Å². The molecule has 0 aromatic heterocycles. The van der Waals surface area contributed by atoms with E-state index in [1.165, 1.54) is 7.11 Å². The van der Waals surface area contributed by atoms with Gasteiger partial charge < -0.3 is 14.6 Å². The summed E-state index contributed by atoms with van der Waals surface area (Å²) in [5, 5.41) is 8.64. The summed E-state index contributed by atoms with van der Waals surface area (Å²) in [5.41, 5.74) is 0.378. The van der Waals surface area contributed by atoms with E-state index in [1.807, 2.05) is 0 Å². The first-order valence-corrected chi connectivity index (χ1v) is 4.91. The second-order valence-electron chi connectivity index (χ2n) is 3.46. The van der Waals surface area contributed by atoms with Crippen LogP contribution >= 0.6 is 0 Å². The molecule has 1 aromatic carbocycles. The lowest BCUT2D eigenvalue weighted by Crippen LogP contribution is -2.20. The van der Waals surface area contributed by atoms with Gasteiger partial charge in [-0.25, -0.2) is 4.79 Å². The molecular formula is C12H10O5. The number of rotatable bonds is 2. The topological polar surface area (TPSA) is 72.8 Å². The second kappa shape index (κ2) is 4.29. The highest BCUT2D eigenvalue weighted by Crippen LogP contribution is 2.34. The molecule has 1 aliphatic heterocycles. The SMILES string of the molecule is COc1cccc2c1C(=O)C(=CC(=O)O)CO2. The van der Waals surface area contributed by atoms with E-state index in [0.717, 1.165) is 6.08 Å². The summed E-state index contributed by atoms with van der Waals surface area (Å²) in [7, 11) is 1.44. The van der Waals surface area contributed by atoms with Crippen LogP contribution < -0.4 is 9.47 Å². The highest BCUT2D eigenvalue weighted by Gasteiger charge is 2.27. The monoisotopic (exact) mass is 234 g/mol. The lowest BCUT2D eigenvalue weighted by molar-refractivity contribution is -0.131. The molecule has 0 bridgehead atoms. The Morgan fingerprint density at radius 2 is 2.29 bits per heavy atom. The van der Waals surface area contributed by atoms with Crippen LogP contribution in [-0.4, -0.2) is 30.6 Å². The van der Waals surface area contributed by atoms with E-state index in [1.54, 1.807) is 18.2 Å². The third kappa shape index (κ3) is 1.99. The van der Waals surface area contributed by atoms with Crippen molar-refractivity contribution in [2.24, 2.45) is 0 Å². The Balaban J connectivity index is 2.51. The zero-order valence-electron chi connectivity index (χ0n) is 9.10. The molecule has 2 rings (SSSR count). The molecule has 5 nitrogen and oxygen atoms in total. The van der Waals surface area contributed by atoms with Crippen LogP contribution in [0.1, 0.15) is 10.4 Å². The minimum Gasteiger partial charge on any atom is -0.496 e. The van der Waals surface area contributed by atoms with Gasteiger partial charge in [-0.3, -0.25) is 4.79 Å². The molecule has 5 heteroatoms. The molecule has 0 unspecified atom stereocenters. The Hall–Kier alpha value is -2.30. The summed E-state index contributed by atoms with van der Waals surface area (Å²) < 4.78 is 10.4. The summed E-state index contributed by atoms with van der Waals surface area (Å²) in [6.45, 7) is -0.0364. The number of carboxylic acid groups (broad SMARTS) is 1. The standard InChI is InChI=1S/C12H10O5/c1-16-8-3-2-4-9-11(8)12(15)7(6-17-9)5-10(13)14/h2-5H,6H2,1H3,(H,13,14). The lowest BCUT2D eigenvalue weighted by atomic mass is 9.99. The van der Waals surface area contributed by atoms with Gasteiger partial charge in [0.2, 0.25) is 0 Å². The summed E-state index contributed by atoms with van der Waals surface area (Å²) in [4.78, 5) is 22.6. The van der Waals surface area contributed by atoms with E-state index in [-0.39, 0.29) is 23.5 Å². The molecule has 0 amide bonds. The van der Waals surface area contributed by atoms with Crippen molar-refractivity contribution in [2.75, 3.05) is 13.7 Å². The smallest absolute Gasteiger partial charge is 0.328 e. The number of aliphatic carboxylic acids is 1. The van der Waals surface area contributed by atoms with Crippen molar-refractivity contribution >= 4 is 11.8 Å². The summed E-state index contributed by atoms with van der Waals surface area (Å²) >= 11 is 0. The minimum absolute atomic E-state index is 0.0364. The number of Topliss-reactive ketones (excluding diaryl/α,β-unsaturated/α-hetero) is 1. The average molecular weight is 234 g/mol. The van der Waals surface area contributed by atoms with Gasteiger partial charge in [-0.15, -0.1) is 0 Å². The van der Waals surface area contributed by atoms with Crippen LogP contribution in [-0.2, 0) is 4.79 Å².